The monoisotopic (exact) mass is 165 g/mol. The SMILES string of the molecule is C=C(C)C(C)=NC1CCCCC1. The van der Waals surface area contributed by atoms with Gasteiger partial charge in [-0.25, -0.2) is 0 Å². The molecule has 1 heteroatoms. The molecule has 0 unspecified atom stereocenters. The van der Waals surface area contributed by atoms with Crippen LogP contribution >= 0.6 is 0 Å². The second kappa shape index (κ2) is 4.44. The van der Waals surface area contributed by atoms with Crippen molar-refractivity contribution in [3.05, 3.63) is 12.2 Å². The van der Waals surface area contributed by atoms with Crippen molar-refractivity contribution in [1.82, 2.24) is 0 Å². The molecular formula is C11H19N. The Labute approximate surface area is 75.6 Å². The topological polar surface area (TPSA) is 12.4 Å². The molecule has 12 heavy (non-hydrogen) atoms. The molecule has 1 nitrogen and oxygen atoms in total. The van der Waals surface area contributed by atoms with Gasteiger partial charge in [-0.2, -0.15) is 0 Å². The van der Waals surface area contributed by atoms with Crippen molar-refractivity contribution in [3.8, 4) is 0 Å². The Morgan fingerprint density at radius 1 is 1.17 bits per heavy atom. The first-order valence-corrected chi connectivity index (χ1v) is 4.90. The van der Waals surface area contributed by atoms with Gasteiger partial charge in [0.25, 0.3) is 0 Å². The van der Waals surface area contributed by atoms with Gasteiger partial charge >= 0.3 is 0 Å². The Kier molecular flexibility index (Phi) is 3.51. The lowest BCUT2D eigenvalue weighted by molar-refractivity contribution is 0.443. The predicted octanol–water partition coefficient (Wildman–Crippen LogP) is 3.36. The van der Waals surface area contributed by atoms with Gasteiger partial charge < -0.3 is 0 Å². The maximum atomic E-state index is 4.65. The Morgan fingerprint density at radius 2 is 1.75 bits per heavy atom. The summed E-state index contributed by atoms with van der Waals surface area (Å²) in [6.45, 7) is 7.99. The Balaban J connectivity index is 2.47. The fourth-order valence-electron chi connectivity index (χ4n) is 1.59. The summed E-state index contributed by atoms with van der Waals surface area (Å²) >= 11 is 0. The lowest BCUT2D eigenvalue weighted by Gasteiger charge is -2.18. The molecule has 0 amide bonds. The van der Waals surface area contributed by atoms with E-state index in [0.717, 1.165) is 11.3 Å². The van der Waals surface area contributed by atoms with Gasteiger partial charge in [-0.1, -0.05) is 25.8 Å². The highest BCUT2D eigenvalue weighted by Gasteiger charge is 2.11. The first-order chi connectivity index (χ1) is 5.70. The summed E-state index contributed by atoms with van der Waals surface area (Å²) in [5, 5.41) is 0. The third-order valence-corrected chi connectivity index (χ3v) is 2.57. The fourth-order valence-corrected chi connectivity index (χ4v) is 1.59. The Bertz CT molecular complexity index is 185. The average molecular weight is 165 g/mol. The molecule has 0 aliphatic heterocycles. The fraction of sp³-hybridized carbons (Fsp3) is 0.727. The average Bonchev–Trinajstić information content (AvgIpc) is 2.06. The summed E-state index contributed by atoms with van der Waals surface area (Å²) < 4.78 is 0. The van der Waals surface area contributed by atoms with E-state index in [-0.39, 0.29) is 0 Å². The second-order valence-electron chi connectivity index (χ2n) is 3.79. The van der Waals surface area contributed by atoms with Crippen LogP contribution in [0.2, 0.25) is 0 Å². The van der Waals surface area contributed by atoms with Crippen molar-refractivity contribution in [2.24, 2.45) is 4.99 Å². The molecule has 0 N–H and O–H groups in total. The molecular weight excluding hydrogens is 146 g/mol. The number of nitrogens with zero attached hydrogens (tertiary/aromatic N) is 1. The van der Waals surface area contributed by atoms with E-state index in [1.807, 2.05) is 6.92 Å². The maximum Gasteiger partial charge on any atom is 0.0502 e. The molecule has 68 valence electrons. The van der Waals surface area contributed by atoms with Crippen LogP contribution in [0.1, 0.15) is 46.0 Å². The molecule has 1 saturated carbocycles. The smallest absolute Gasteiger partial charge is 0.0502 e. The van der Waals surface area contributed by atoms with E-state index in [1.54, 1.807) is 0 Å². The quantitative estimate of drug-likeness (QED) is 0.556. The summed E-state index contributed by atoms with van der Waals surface area (Å²) in [5.41, 5.74) is 2.25. The minimum absolute atomic E-state index is 0.593. The molecule has 0 bridgehead atoms. The number of aliphatic imine (C=N–C) groups is 1. The van der Waals surface area contributed by atoms with E-state index < -0.39 is 0 Å². The molecule has 1 aliphatic rings. The van der Waals surface area contributed by atoms with Gasteiger partial charge in [0, 0.05) is 5.71 Å². The Hall–Kier alpha value is -0.590. The lowest BCUT2D eigenvalue weighted by atomic mass is 9.96. The van der Waals surface area contributed by atoms with Crippen molar-refractivity contribution in [3.63, 3.8) is 0 Å². The predicted molar refractivity (Wildman–Crippen MR) is 54.8 cm³/mol. The normalized spacial score (nSPS) is 21.0. The zero-order chi connectivity index (χ0) is 8.97. The first-order valence-electron chi connectivity index (χ1n) is 4.90. The Morgan fingerprint density at radius 3 is 2.25 bits per heavy atom. The summed E-state index contributed by atoms with van der Waals surface area (Å²) in [7, 11) is 0. The van der Waals surface area contributed by atoms with Crippen LogP contribution in [0.5, 0.6) is 0 Å². The highest BCUT2D eigenvalue weighted by Crippen LogP contribution is 2.20. The lowest BCUT2D eigenvalue weighted by Crippen LogP contribution is -2.11. The van der Waals surface area contributed by atoms with E-state index in [9.17, 15) is 0 Å². The highest BCUT2D eigenvalue weighted by atomic mass is 14.8. The van der Waals surface area contributed by atoms with E-state index in [2.05, 4.69) is 18.5 Å². The largest absolute Gasteiger partial charge is 0.286 e. The molecule has 0 radical (unpaired) electrons. The van der Waals surface area contributed by atoms with Crippen molar-refractivity contribution in [2.75, 3.05) is 0 Å². The third kappa shape index (κ3) is 2.80. The van der Waals surface area contributed by atoms with Crippen molar-refractivity contribution >= 4 is 5.71 Å². The van der Waals surface area contributed by atoms with Gasteiger partial charge in [0.1, 0.15) is 0 Å². The molecule has 0 atom stereocenters. The summed E-state index contributed by atoms with van der Waals surface area (Å²) in [5.74, 6) is 0. The maximum absolute atomic E-state index is 4.65. The number of hydrogen-bond donors (Lipinski definition) is 0. The zero-order valence-electron chi connectivity index (χ0n) is 8.27. The summed E-state index contributed by atoms with van der Waals surface area (Å²) in [6.07, 6.45) is 6.68. The molecule has 1 aliphatic carbocycles. The van der Waals surface area contributed by atoms with Crippen LogP contribution in [-0.2, 0) is 0 Å². The van der Waals surface area contributed by atoms with E-state index >= 15 is 0 Å². The molecule has 1 fully saturated rings. The van der Waals surface area contributed by atoms with Gasteiger partial charge in [-0.15, -0.1) is 0 Å². The van der Waals surface area contributed by atoms with Crippen LogP contribution in [0.3, 0.4) is 0 Å². The van der Waals surface area contributed by atoms with Crippen LogP contribution in [0.4, 0.5) is 0 Å². The molecule has 0 aromatic heterocycles. The van der Waals surface area contributed by atoms with Gasteiger partial charge in [0.2, 0.25) is 0 Å². The van der Waals surface area contributed by atoms with Gasteiger partial charge in [-0.05, 0) is 32.3 Å². The number of rotatable bonds is 2. The standard InChI is InChI=1S/C11H19N/c1-9(2)10(3)12-11-7-5-4-6-8-11/h11H,1,4-8H2,2-3H3. The van der Waals surface area contributed by atoms with Crippen LogP contribution in [0.15, 0.2) is 17.1 Å². The second-order valence-corrected chi connectivity index (χ2v) is 3.79. The molecule has 0 saturated heterocycles. The highest BCUT2D eigenvalue weighted by molar-refractivity contribution is 5.97. The molecule has 1 rings (SSSR count). The van der Waals surface area contributed by atoms with Crippen LogP contribution in [-0.4, -0.2) is 11.8 Å². The molecule has 0 aromatic carbocycles. The third-order valence-electron chi connectivity index (χ3n) is 2.57. The molecule has 0 heterocycles. The summed E-state index contributed by atoms with van der Waals surface area (Å²) in [4.78, 5) is 4.65. The van der Waals surface area contributed by atoms with Gasteiger partial charge in [0.15, 0.2) is 0 Å². The minimum Gasteiger partial charge on any atom is -0.286 e. The van der Waals surface area contributed by atoms with Crippen molar-refractivity contribution in [2.45, 2.75) is 52.0 Å². The van der Waals surface area contributed by atoms with Crippen LogP contribution in [0.25, 0.3) is 0 Å². The van der Waals surface area contributed by atoms with Crippen LogP contribution < -0.4 is 0 Å². The number of hydrogen-bond acceptors (Lipinski definition) is 1. The van der Waals surface area contributed by atoms with Crippen molar-refractivity contribution in [1.29, 1.82) is 0 Å². The van der Waals surface area contributed by atoms with E-state index in [4.69, 9.17) is 0 Å². The summed E-state index contributed by atoms with van der Waals surface area (Å²) in [6, 6.07) is 0.593. The van der Waals surface area contributed by atoms with E-state index in [1.165, 1.54) is 32.1 Å². The van der Waals surface area contributed by atoms with Crippen molar-refractivity contribution < 1.29 is 0 Å². The van der Waals surface area contributed by atoms with Gasteiger partial charge in [-0.3, -0.25) is 4.99 Å². The molecule has 0 aromatic rings. The van der Waals surface area contributed by atoms with E-state index in [0.29, 0.717) is 6.04 Å². The number of allylic oxidation sites excluding steroid dienone is 1. The first kappa shape index (κ1) is 9.50. The zero-order valence-corrected chi connectivity index (χ0v) is 8.27. The van der Waals surface area contributed by atoms with Crippen LogP contribution in [0, 0.1) is 0 Å². The minimum atomic E-state index is 0.593. The molecule has 0 spiro atoms. The van der Waals surface area contributed by atoms with Gasteiger partial charge in [0.05, 0.1) is 6.04 Å².